The van der Waals surface area contributed by atoms with Crippen molar-refractivity contribution in [3.63, 3.8) is 0 Å². The monoisotopic (exact) mass is 447 g/mol. The van der Waals surface area contributed by atoms with Crippen LogP contribution < -0.4 is 20.6 Å². The smallest absolute Gasteiger partial charge is 0.343 e. The minimum atomic E-state index is -0.787. The molecule has 1 atom stereocenters. The number of nitrogens with one attached hydrogen (secondary N) is 1. The summed E-state index contributed by atoms with van der Waals surface area (Å²) >= 11 is 3.38. The highest BCUT2D eigenvalue weighted by Crippen LogP contribution is 2.43. The topological polar surface area (TPSA) is 112 Å². The van der Waals surface area contributed by atoms with Gasteiger partial charge in [-0.25, -0.2) is 15.0 Å². The van der Waals surface area contributed by atoms with E-state index >= 15 is 0 Å². The Bertz CT molecular complexity index is 943. The van der Waals surface area contributed by atoms with E-state index < -0.39 is 18.1 Å². The molecule has 1 aliphatic rings. The molecule has 8 nitrogen and oxygen atoms in total. The SMILES string of the molecule is COc1ccc2c(c1OC)C(=O)OC2C/C(=N/NC(N)=O)c1ccc(Br)cc1. The fourth-order valence-electron chi connectivity index (χ4n) is 2.99. The molecular formula is C19H18BrN3O5. The summed E-state index contributed by atoms with van der Waals surface area (Å²) in [6.07, 6.45) is -0.366. The number of halogens is 1. The Morgan fingerprint density at radius 1 is 1.21 bits per heavy atom. The summed E-state index contributed by atoms with van der Waals surface area (Å²) in [5, 5.41) is 4.09. The molecule has 28 heavy (non-hydrogen) atoms. The molecule has 3 rings (SSSR count). The van der Waals surface area contributed by atoms with E-state index in [0.717, 1.165) is 10.0 Å². The molecule has 2 aromatic rings. The fourth-order valence-corrected chi connectivity index (χ4v) is 3.26. The summed E-state index contributed by atoms with van der Waals surface area (Å²) in [7, 11) is 2.96. The number of carbonyl (C=O) groups is 2. The van der Waals surface area contributed by atoms with Gasteiger partial charge in [0.25, 0.3) is 0 Å². The van der Waals surface area contributed by atoms with Crippen molar-refractivity contribution in [3.05, 3.63) is 57.6 Å². The third kappa shape index (κ3) is 3.94. The molecular weight excluding hydrogens is 430 g/mol. The second-order valence-electron chi connectivity index (χ2n) is 5.90. The molecule has 0 bridgehead atoms. The first-order valence-electron chi connectivity index (χ1n) is 8.28. The van der Waals surface area contributed by atoms with E-state index in [2.05, 4.69) is 26.5 Å². The Morgan fingerprint density at radius 2 is 1.93 bits per heavy atom. The van der Waals surface area contributed by atoms with Crippen molar-refractivity contribution in [2.75, 3.05) is 14.2 Å². The molecule has 0 radical (unpaired) electrons. The lowest BCUT2D eigenvalue weighted by Gasteiger charge is -2.14. The Morgan fingerprint density at radius 3 is 2.54 bits per heavy atom. The largest absolute Gasteiger partial charge is 0.493 e. The van der Waals surface area contributed by atoms with Gasteiger partial charge < -0.3 is 19.9 Å². The number of benzene rings is 2. The van der Waals surface area contributed by atoms with Gasteiger partial charge in [0.2, 0.25) is 0 Å². The Kier molecular flexibility index (Phi) is 5.84. The van der Waals surface area contributed by atoms with Gasteiger partial charge in [-0.2, -0.15) is 5.10 Å². The number of carbonyl (C=O) groups excluding carboxylic acids is 2. The molecule has 0 saturated carbocycles. The molecule has 1 unspecified atom stereocenters. The summed E-state index contributed by atoms with van der Waals surface area (Å²) in [4.78, 5) is 23.6. The molecule has 2 amide bonds. The summed E-state index contributed by atoms with van der Waals surface area (Å²) in [6.45, 7) is 0. The van der Waals surface area contributed by atoms with Crippen molar-refractivity contribution in [1.29, 1.82) is 0 Å². The van der Waals surface area contributed by atoms with E-state index in [-0.39, 0.29) is 6.42 Å². The zero-order valence-corrected chi connectivity index (χ0v) is 16.8. The number of cyclic esters (lactones) is 1. The molecule has 1 aliphatic heterocycles. The van der Waals surface area contributed by atoms with Gasteiger partial charge in [-0.1, -0.05) is 34.1 Å². The van der Waals surface area contributed by atoms with Gasteiger partial charge in [0.15, 0.2) is 11.5 Å². The standard InChI is InChI=1S/C19H18BrN3O5/c1-26-14-8-7-12-15(28-18(24)16(12)17(14)27-2)9-13(22-23-19(21)25)10-3-5-11(20)6-4-10/h3-8,15H,9H2,1-2H3,(H3,21,23,25)/b22-13-. The maximum Gasteiger partial charge on any atom is 0.343 e. The van der Waals surface area contributed by atoms with Crippen molar-refractivity contribution >= 4 is 33.6 Å². The van der Waals surface area contributed by atoms with Crippen molar-refractivity contribution in [1.82, 2.24) is 5.43 Å². The van der Waals surface area contributed by atoms with E-state index in [1.54, 1.807) is 12.1 Å². The normalized spacial score (nSPS) is 15.6. The first-order valence-corrected chi connectivity index (χ1v) is 9.07. The quantitative estimate of drug-likeness (QED) is 0.401. The minimum absolute atomic E-state index is 0.232. The van der Waals surface area contributed by atoms with Gasteiger partial charge in [-0.15, -0.1) is 0 Å². The van der Waals surface area contributed by atoms with Crippen LogP contribution in [0.3, 0.4) is 0 Å². The van der Waals surface area contributed by atoms with Gasteiger partial charge in [0.1, 0.15) is 11.7 Å². The van der Waals surface area contributed by atoms with Crippen molar-refractivity contribution in [2.45, 2.75) is 12.5 Å². The van der Waals surface area contributed by atoms with Gasteiger partial charge in [0, 0.05) is 16.5 Å². The number of hydrazone groups is 1. The molecule has 0 spiro atoms. The van der Waals surface area contributed by atoms with Gasteiger partial charge in [-0.05, 0) is 23.8 Å². The molecule has 0 aromatic heterocycles. The Hall–Kier alpha value is -3.07. The maximum atomic E-state index is 12.5. The number of fused-ring (bicyclic) bond motifs is 1. The van der Waals surface area contributed by atoms with Gasteiger partial charge in [-0.3, -0.25) is 0 Å². The van der Waals surface area contributed by atoms with Crippen molar-refractivity contribution < 1.29 is 23.8 Å². The third-order valence-electron chi connectivity index (χ3n) is 4.24. The first-order chi connectivity index (χ1) is 13.4. The van der Waals surface area contributed by atoms with Crippen molar-refractivity contribution in [2.24, 2.45) is 10.8 Å². The molecule has 0 aliphatic carbocycles. The van der Waals surface area contributed by atoms with Crippen LogP contribution in [0.5, 0.6) is 11.5 Å². The number of primary amides is 1. The average molecular weight is 448 g/mol. The van der Waals surface area contributed by atoms with E-state index in [1.165, 1.54) is 14.2 Å². The zero-order chi connectivity index (χ0) is 20.3. The second kappa shape index (κ2) is 8.30. The van der Waals surface area contributed by atoms with Crippen LogP contribution >= 0.6 is 15.9 Å². The molecule has 0 saturated heterocycles. The average Bonchev–Trinajstić information content (AvgIpc) is 3.00. The minimum Gasteiger partial charge on any atom is -0.493 e. The van der Waals surface area contributed by atoms with Crippen LogP contribution in [-0.2, 0) is 4.74 Å². The second-order valence-corrected chi connectivity index (χ2v) is 6.82. The molecule has 1 heterocycles. The summed E-state index contributed by atoms with van der Waals surface area (Å²) in [6, 6.07) is 10.0. The maximum absolute atomic E-state index is 12.5. The number of ether oxygens (including phenoxy) is 3. The van der Waals surface area contributed by atoms with E-state index in [4.69, 9.17) is 19.9 Å². The number of hydrogen-bond donors (Lipinski definition) is 2. The molecule has 9 heteroatoms. The van der Waals surface area contributed by atoms with Crippen LogP contribution in [0.1, 0.15) is 34.0 Å². The lowest BCUT2D eigenvalue weighted by molar-refractivity contribution is 0.0398. The lowest BCUT2D eigenvalue weighted by atomic mass is 9.97. The van der Waals surface area contributed by atoms with Gasteiger partial charge >= 0.3 is 12.0 Å². The highest BCUT2D eigenvalue weighted by molar-refractivity contribution is 9.10. The predicted molar refractivity (Wildman–Crippen MR) is 106 cm³/mol. The summed E-state index contributed by atoms with van der Waals surface area (Å²) in [5.74, 6) is 0.259. The van der Waals surface area contributed by atoms with E-state index in [0.29, 0.717) is 28.3 Å². The van der Waals surface area contributed by atoms with Crippen LogP contribution in [0.15, 0.2) is 46.0 Å². The van der Waals surface area contributed by atoms with E-state index in [9.17, 15) is 9.59 Å². The highest BCUT2D eigenvalue weighted by atomic mass is 79.9. The number of esters is 1. The number of rotatable bonds is 6. The number of nitrogens with two attached hydrogens (primary N) is 1. The number of urea groups is 1. The zero-order valence-electron chi connectivity index (χ0n) is 15.2. The number of nitrogens with zero attached hydrogens (tertiary/aromatic N) is 1. The highest BCUT2D eigenvalue weighted by Gasteiger charge is 2.36. The molecule has 2 aromatic carbocycles. The van der Waals surface area contributed by atoms with Crippen LogP contribution in [-0.4, -0.2) is 31.9 Å². The predicted octanol–water partition coefficient (Wildman–Crippen LogP) is 3.14. The number of methoxy groups -OCH3 is 2. The molecule has 3 N–H and O–H groups in total. The van der Waals surface area contributed by atoms with Crippen LogP contribution in [0, 0.1) is 0 Å². The number of hydrogen-bond acceptors (Lipinski definition) is 6. The Balaban J connectivity index is 1.97. The van der Waals surface area contributed by atoms with Crippen LogP contribution in [0.4, 0.5) is 4.79 Å². The first kappa shape index (κ1) is 19.7. The van der Waals surface area contributed by atoms with Crippen molar-refractivity contribution in [3.8, 4) is 11.5 Å². The number of amides is 2. The third-order valence-corrected chi connectivity index (χ3v) is 4.76. The lowest BCUT2D eigenvalue weighted by Crippen LogP contribution is -2.26. The molecule has 146 valence electrons. The summed E-state index contributed by atoms with van der Waals surface area (Å²) < 4.78 is 17.0. The Labute approximate surface area is 169 Å². The van der Waals surface area contributed by atoms with Crippen LogP contribution in [0.2, 0.25) is 0 Å². The fraction of sp³-hybridized carbons (Fsp3) is 0.211. The summed E-state index contributed by atoms with van der Waals surface area (Å²) in [5.41, 5.74) is 9.62. The van der Waals surface area contributed by atoms with Gasteiger partial charge in [0.05, 0.1) is 19.9 Å². The van der Waals surface area contributed by atoms with Crippen LogP contribution in [0.25, 0.3) is 0 Å². The molecule has 0 fully saturated rings. The van der Waals surface area contributed by atoms with E-state index in [1.807, 2.05) is 24.3 Å².